The number of pyridine rings is 1. The zero-order chi connectivity index (χ0) is 12.3. The van der Waals surface area contributed by atoms with E-state index in [0.717, 1.165) is 12.4 Å². The summed E-state index contributed by atoms with van der Waals surface area (Å²) in [6.45, 7) is 0.655. The quantitative estimate of drug-likeness (QED) is 0.926. The van der Waals surface area contributed by atoms with Gasteiger partial charge in [-0.25, -0.2) is 4.98 Å². The van der Waals surface area contributed by atoms with Crippen LogP contribution in [0.5, 0.6) is 0 Å². The summed E-state index contributed by atoms with van der Waals surface area (Å²) < 4.78 is 0. The van der Waals surface area contributed by atoms with Crippen LogP contribution in [0.1, 0.15) is 11.3 Å². The molecule has 0 aromatic carbocycles. The molecule has 90 valence electrons. The molecule has 0 saturated heterocycles. The highest BCUT2D eigenvalue weighted by molar-refractivity contribution is 7.07. The highest BCUT2D eigenvalue weighted by atomic mass is 35.5. The van der Waals surface area contributed by atoms with Crippen molar-refractivity contribution in [3.05, 3.63) is 45.2 Å². The first-order valence-electron chi connectivity index (χ1n) is 5.19. The Balaban J connectivity index is 2.16. The summed E-state index contributed by atoms with van der Waals surface area (Å²) in [6.07, 6.45) is 0. The molecule has 0 amide bonds. The molecule has 0 fully saturated rings. The molecule has 0 atom stereocenters. The van der Waals surface area contributed by atoms with E-state index in [1.807, 2.05) is 18.0 Å². The zero-order valence-corrected chi connectivity index (χ0v) is 11.0. The standard InChI is InChI=1S/C12H13ClN2OS/c1-15(6-9-4-5-17-8-9)12-3-2-10(13)11(7-16)14-12/h2-5,8,16H,6-7H2,1H3. The van der Waals surface area contributed by atoms with Crippen LogP contribution in [-0.2, 0) is 13.2 Å². The molecule has 2 aromatic heterocycles. The van der Waals surface area contributed by atoms with Gasteiger partial charge in [-0.1, -0.05) is 11.6 Å². The van der Waals surface area contributed by atoms with Gasteiger partial charge in [0.15, 0.2) is 0 Å². The Morgan fingerprint density at radius 2 is 2.24 bits per heavy atom. The second-order valence-corrected chi connectivity index (χ2v) is 4.93. The minimum absolute atomic E-state index is 0.140. The van der Waals surface area contributed by atoms with E-state index in [1.54, 1.807) is 17.4 Å². The van der Waals surface area contributed by atoms with Crippen molar-refractivity contribution in [2.75, 3.05) is 11.9 Å². The van der Waals surface area contributed by atoms with Crippen LogP contribution < -0.4 is 4.90 Å². The number of rotatable bonds is 4. The van der Waals surface area contributed by atoms with Gasteiger partial charge in [0, 0.05) is 13.6 Å². The maximum Gasteiger partial charge on any atom is 0.129 e. The van der Waals surface area contributed by atoms with Crippen molar-refractivity contribution in [3.8, 4) is 0 Å². The van der Waals surface area contributed by atoms with Crippen molar-refractivity contribution < 1.29 is 5.11 Å². The van der Waals surface area contributed by atoms with Gasteiger partial charge in [-0.15, -0.1) is 0 Å². The van der Waals surface area contributed by atoms with Crippen LogP contribution in [0.15, 0.2) is 29.0 Å². The van der Waals surface area contributed by atoms with Gasteiger partial charge in [-0.3, -0.25) is 0 Å². The first kappa shape index (κ1) is 12.4. The van der Waals surface area contributed by atoms with Crippen LogP contribution in [0.3, 0.4) is 0 Å². The summed E-state index contributed by atoms with van der Waals surface area (Å²) in [5, 5.41) is 13.8. The van der Waals surface area contributed by atoms with Gasteiger partial charge in [-0.05, 0) is 34.5 Å². The fraction of sp³-hybridized carbons (Fsp3) is 0.250. The Morgan fingerprint density at radius 3 is 2.88 bits per heavy atom. The molecule has 2 heterocycles. The molecule has 0 aliphatic heterocycles. The minimum atomic E-state index is -0.140. The van der Waals surface area contributed by atoms with Gasteiger partial charge in [0.2, 0.25) is 0 Å². The van der Waals surface area contributed by atoms with E-state index < -0.39 is 0 Å². The van der Waals surface area contributed by atoms with Crippen LogP contribution >= 0.6 is 22.9 Å². The number of nitrogens with zero attached hydrogens (tertiary/aromatic N) is 2. The summed E-state index contributed by atoms with van der Waals surface area (Å²) in [5.41, 5.74) is 1.76. The lowest BCUT2D eigenvalue weighted by Gasteiger charge is -2.18. The van der Waals surface area contributed by atoms with Gasteiger partial charge in [0.1, 0.15) is 5.82 Å². The minimum Gasteiger partial charge on any atom is -0.390 e. The molecule has 0 unspecified atom stereocenters. The van der Waals surface area contributed by atoms with E-state index >= 15 is 0 Å². The topological polar surface area (TPSA) is 36.4 Å². The van der Waals surface area contributed by atoms with E-state index in [9.17, 15) is 0 Å². The predicted octanol–water partition coefficient (Wildman–Crippen LogP) is 2.93. The highest BCUT2D eigenvalue weighted by Crippen LogP contribution is 2.20. The van der Waals surface area contributed by atoms with Crippen LogP contribution in [-0.4, -0.2) is 17.1 Å². The normalized spacial score (nSPS) is 10.5. The van der Waals surface area contributed by atoms with Crippen molar-refractivity contribution in [3.63, 3.8) is 0 Å². The number of thiophene rings is 1. The van der Waals surface area contributed by atoms with Crippen LogP contribution in [0.2, 0.25) is 5.02 Å². The molecule has 0 radical (unpaired) electrons. The van der Waals surface area contributed by atoms with Gasteiger partial charge >= 0.3 is 0 Å². The van der Waals surface area contributed by atoms with Crippen molar-refractivity contribution >= 4 is 28.8 Å². The Hall–Kier alpha value is -1.10. The number of aromatic nitrogens is 1. The Bertz CT molecular complexity index is 487. The molecule has 2 rings (SSSR count). The molecule has 0 saturated carbocycles. The average molecular weight is 269 g/mol. The van der Waals surface area contributed by atoms with Crippen molar-refractivity contribution in [1.29, 1.82) is 0 Å². The first-order valence-corrected chi connectivity index (χ1v) is 6.51. The SMILES string of the molecule is CN(Cc1ccsc1)c1ccc(Cl)c(CO)n1. The summed E-state index contributed by atoms with van der Waals surface area (Å²) in [5.74, 6) is 0.810. The molecule has 1 N–H and O–H groups in total. The molecule has 5 heteroatoms. The Kier molecular flexibility index (Phi) is 3.99. The van der Waals surface area contributed by atoms with Gasteiger partial charge in [-0.2, -0.15) is 11.3 Å². The summed E-state index contributed by atoms with van der Waals surface area (Å²) >= 11 is 7.58. The molecule has 0 aliphatic carbocycles. The van der Waals surface area contributed by atoms with E-state index in [0.29, 0.717) is 10.7 Å². The molecular weight excluding hydrogens is 256 g/mol. The third-order valence-corrected chi connectivity index (χ3v) is 3.52. The summed E-state index contributed by atoms with van der Waals surface area (Å²) in [7, 11) is 1.97. The lowest BCUT2D eigenvalue weighted by atomic mass is 10.3. The van der Waals surface area contributed by atoms with Crippen LogP contribution in [0.25, 0.3) is 0 Å². The van der Waals surface area contributed by atoms with Crippen LogP contribution in [0, 0.1) is 0 Å². The van der Waals surface area contributed by atoms with E-state index in [4.69, 9.17) is 16.7 Å². The predicted molar refractivity (Wildman–Crippen MR) is 71.6 cm³/mol. The number of anilines is 1. The maximum atomic E-state index is 9.12. The third kappa shape index (κ3) is 2.97. The molecule has 2 aromatic rings. The number of halogens is 1. The molecule has 0 aliphatic rings. The summed E-state index contributed by atoms with van der Waals surface area (Å²) in [6, 6.07) is 5.71. The van der Waals surface area contributed by atoms with Crippen LogP contribution in [0.4, 0.5) is 5.82 Å². The highest BCUT2D eigenvalue weighted by Gasteiger charge is 2.07. The average Bonchev–Trinajstić information content (AvgIpc) is 2.82. The van der Waals surface area contributed by atoms with Gasteiger partial charge < -0.3 is 10.0 Å². The molecule has 0 bridgehead atoms. The molecule has 3 nitrogen and oxygen atoms in total. The van der Waals surface area contributed by atoms with Crippen molar-refractivity contribution in [2.45, 2.75) is 13.2 Å². The summed E-state index contributed by atoms with van der Waals surface area (Å²) in [4.78, 5) is 6.34. The second-order valence-electron chi connectivity index (χ2n) is 3.74. The van der Waals surface area contributed by atoms with E-state index in [-0.39, 0.29) is 6.61 Å². The van der Waals surface area contributed by atoms with Crippen molar-refractivity contribution in [1.82, 2.24) is 4.98 Å². The zero-order valence-electron chi connectivity index (χ0n) is 9.43. The first-order chi connectivity index (χ1) is 8.20. The Labute approximate surface area is 109 Å². The lowest BCUT2D eigenvalue weighted by Crippen LogP contribution is -2.17. The smallest absolute Gasteiger partial charge is 0.129 e. The third-order valence-electron chi connectivity index (χ3n) is 2.44. The largest absolute Gasteiger partial charge is 0.390 e. The van der Waals surface area contributed by atoms with E-state index in [1.165, 1.54) is 5.56 Å². The fourth-order valence-electron chi connectivity index (χ4n) is 1.53. The number of hydrogen-bond donors (Lipinski definition) is 1. The maximum absolute atomic E-state index is 9.12. The van der Waals surface area contributed by atoms with Crippen molar-refractivity contribution in [2.24, 2.45) is 0 Å². The second kappa shape index (κ2) is 5.49. The molecule has 17 heavy (non-hydrogen) atoms. The van der Waals surface area contributed by atoms with Gasteiger partial charge in [0.25, 0.3) is 0 Å². The fourth-order valence-corrected chi connectivity index (χ4v) is 2.36. The lowest BCUT2D eigenvalue weighted by molar-refractivity contribution is 0.277. The number of aliphatic hydroxyl groups is 1. The number of aliphatic hydroxyl groups excluding tert-OH is 1. The van der Waals surface area contributed by atoms with E-state index in [2.05, 4.69) is 21.8 Å². The Morgan fingerprint density at radius 1 is 1.41 bits per heavy atom. The monoisotopic (exact) mass is 268 g/mol. The van der Waals surface area contributed by atoms with Gasteiger partial charge in [0.05, 0.1) is 17.3 Å². The molecule has 0 spiro atoms. The number of hydrogen-bond acceptors (Lipinski definition) is 4. The molecular formula is C12H13ClN2OS.